The summed E-state index contributed by atoms with van der Waals surface area (Å²) in [5.41, 5.74) is 2.35. The molecule has 4 nitrogen and oxygen atoms in total. The molecule has 0 aromatic heterocycles. The van der Waals surface area contributed by atoms with Crippen LogP contribution in [0.1, 0.15) is 18.1 Å². The predicted molar refractivity (Wildman–Crippen MR) is 94.7 cm³/mol. The molecule has 0 bridgehead atoms. The van der Waals surface area contributed by atoms with Gasteiger partial charge in [0.2, 0.25) is 0 Å². The lowest BCUT2D eigenvalue weighted by Crippen LogP contribution is -2.29. The van der Waals surface area contributed by atoms with Gasteiger partial charge in [-0.05, 0) is 36.6 Å². The molecule has 0 unspecified atom stereocenters. The normalized spacial score (nSPS) is 11.2. The first-order chi connectivity index (χ1) is 12.1. The van der Waals surface area contributed by atoms with Gasteiger partial charge in [-0.25, -0.2) is 4.39 Å². The molecule has 2 aromatic carbocycles. The average Bonchev–Trinajstić information content (AvgIpc) is 2.61. The Hall–Kier alpha value is -3.13. The highest BCUT2D eigenvalue weighted by molar-refractivity contribution is 5.97. The van der Waals surface area contributed by atoms with Gasteiger partial charge in [0.05, 0.1) is 0 Å². The molecule has 0 atom stereocenters. The van der Waals surface area contributed by atoms with Crippen LogP contribution in [0.25, 0.3) is 0 Å². The van der Waals surface area contributed by atoms with Gasteiger partial charge in [0.25, 0.3) is 5.91 Å². The number of nitriles is 1. The summed E-state index contributed by atoms with van der Waals surface area (Å²) in [6.07, 6.45) is 0.695. The van der Waals surface area contributed by atoms with Gasteiger partial charge in [-0.2, -0.15) is 5.26 Å². The maximum Gasteiger partial charge on any atom is 0.263 e. The van der Waals surface area contributed by atoms with E-state index in [1.165, 1.54) is 12.1 Å². The van der Waals surface area contributed by atoms with Crippen molar-refractivity contribution >= 4 is 5.91 Å². The van der Waals surface area contributed by atoms with Gasteiger partial charge in [0.15, 0.2) is 0 Å². The number of rotatable bonds is 7. The van der Waals surface area contributed by atoms with E-state index in [1.807, 2.05) is 36.4 Å². The molecule has 0 spiro atoms. The van der Waals surface area contributed by atoms with Crippen molar-refractivity contribution in [1.82, 2.24) is 10.6 Å². The molecule has 2 aromatic rings. The Morgan fingerprint density at radius 1 is 1.08 bits per heavy atom. The van der Waals surface area contributed by atoms with Crippen molar-refractivity contribution in [3.63, 3.8) is 0 Å². The van der Waals surface area contributed by atoms with Crippen LogP contribution >= 0.6 is 0 Å². The molecule has 0 heterocycles. The van der Waals surface area contributed by atoms with Crippen LogP contribution in [0.3, 0.4) is 0 Å². The monoisotopic (exact) mass is 337 g/mol. The summed E-state index contributed by atoms with van der Waals surface area (Å²) in [6, 6.07) is 17.9. The SMILES string of the molecule is CC(NCc1cccc(F)c1)=C(C#N)C(=O)NCCc1ccccc1. The number of halogens is 1. The second kappa shape index (κ2) is 9.24. The van der Waals surface area contributed by atoms with E-state index in [1.54, 1.807) is 19.1 Å². The van der Waals surface area contributed by atoms with Crippen LogP contribution in [0, 0.1) is 17.1 Å². The zero-order chi connectivity index (χ0) is 18.1. The Morgan fingerprint density at radius 2 is 1.80 bits per heavy atom. The fraction of sp³-hybridized carbons (Fsp3) is 0.200. The third-order valence-electron chi connectivity index (χ3n) is 3.70. The standard InChI is InChI=1S/C20H20FN3O/c1-15(24-14-17-8-5-9-18(21)12-17)19(13-22)20(25)23-11-10-16-6-3-2-4-7-16/h2-9,12,24H,10-11,14H2,1H3,(H,23,25). The number of nitrogens with one attached hydrogen (secondary N) is 2. The van der Waals surface area contributed by atoms with E-state index in [9.17, 15) is 14.4 Å². The lowest BCUT2D eigenvalue weighted by atomic mass is 10.1. The van der Waals surface area contributed by atoms with E-state index in [0.29, 0.717) is 25.2 Å². The minimum atomic E-state index is -0.414. The minimum absolute atomic E-state index is 0.0319. The highest BCUT2D eigenvalue weighted by atomic mass is 19.1. The van der Waals surface area contributed by atoms with Crippen molar-refractivity contribution in [3.05, 3.63) is 82.8 Å². The second-order valence-electron chi connectivity index (χ2n) is 5.59. The summed E-state index contributed by atoms with van der Waals surface area (Å²) < 4.78 is 13.2. The van der Waals surface area contributed by atoms with E-state index in [0.717, 1.165) is 11.1 Å². The summed E-state index contributed by atoms with van der Waals surface area (Å²) >= 11 is 0. The van der Waals surface area contributed by atoms with Crippen LogP contribution in [0.4, 0.5) is 4.39 Å². The smallest absolute Gasteiger partial charge is 0.263 e. The van der Waals surface area contributed by atoms with E-state index in [-0.39, 0.29) is 11.4 Å². The molecule has 128 valence electrons. The van der Waals surface area contributed by atoms with Crippen LogP contribution in [0.5, 0.6) is 0 Å². The van der Waals surface area contributed by atoms with Crippen molar-refractivity contribution in [1.29, 1.82) is 5.26 Å². The van der Waals surface area contributed by atoms with Gasteiger partial charge in [-0.15, -0.1) is 0 Å². The third kappa shape index (κ3) is 5.78. The minimum Gasteiger partial charge on any atom is -0.383 e. The van der Waals surface area contributed by atoms with Crippen LogP contribution < -0.4 is 10.6 Å². The maximum absolute atomic E-state index is 13.2. The number of allylic oxidation sites excluding steroid dienone is 1. The van der Waals surface area contributed by atoms with Gasteiger partial charge in [-0.1, -0.05) is 42.5 Å². The Kier molecular flexibility index (Phi) is 6.73. The van der Waals surface area contributed by atoms with Gasteiger partial charge < -0.3 is 10.6 Å². The van der Waals surface area contributed by atoms with E-state index < -0.39 is 5.91 Å². The third-order valence-corrected chi connectivity index (χ3v) is 3.70. The fourth-order valence-electron chi connectivity index (χ4n) is 2.33. The first kappa shape index (κ1) is 18.2. The number of carbonyl (C=O) groups is 1. The van der Waals surface area contributed by atoms with Crippen molar-refractivity contribution in [3.8, 4) is 6.07 Å². The summed E-state index contributed by atoms with van der Waals surface area (Å²) in [5.74, 6) is -0.734. The van der Waals surface area contributed by atoms with Crippen LogP contribution in [0.2, 0.25) is 0 Å². The quantitative estimate of drug-likeness (QED) is 0.603. The molecule has 0 radical (unpaired) electrons. The molecular formula is C20H20FN3O. The van der Waals surface area contributed by atoms with E-state index in [4.69, 9.17) is 0 Å². The molecule has 0 aliphatic carbocycles. The average molecular weight is 337 g/mol. The Balaban J connectivity index is 1.90. The number of carbonyl (C=O) groups excluding carboxylic acids is 1. The number of hydrogen-bond donors (Lipinski definition) is 2. The molecule has 0 saturated heterocycles. The van der Waals surface area contributed by atoms with Gasteiger partial charge in [0, 0.05) is 18.8 Å². The predicted octanol–water partition coefficient (Wildman–Crippen LogP) is 3.07. The molecule has 2 rings (SSSR count). The Bertz CT molecular complexity index is 794. The number of nitrogens with zero attached hydrogens (tertiary/aromatic N) is 1. The van der Waals surface area contributed by atoms with E-state index >= 15 is 0 Å². The maximum atomic E-state index is 13.2. The highest BCUT2D eigenvalue weighted by Crippen LogP contribution is 2.06. The van der Waals surface area contributed by atoms with Crippen molar-refractivity contribution in [2.24, 2.45) is 0 Å². The molecule has 0 aliphatic rings. The summed E-state index contributed by atoms with van der Waals surface area (Å²) in [4.78, 5) is 12.2. The van der Waals surface area contributed by atoms with Crippen LogP contribution in [0.15, 0.2) is 65.9 Å². The van der Waals surface area contributed by atoms with E-state index in [2.05, 4.69) is 10.6 Å². The lowest BCUT2D eigenvalue weighted by Gasteiger charge is -2.10. The van der Waals surface area contributed by atoms with Crippen LogP contribution in [-0.4, -0.2) is 12.5 Å². The van der Waals surface area contributed by atoms with Gasteiger partial charge >= 0.3 is 0 Å². The van der Waals surface area contributed by atoms with Crippen molar-refractivity contribution < 1.29 is 9.18 Å². The molecule has 0 fully saturated rings. The topological polar surface area (TPSA) is 64.9 Å². The summed E-state index contributed by atoms with van der Waals surface area (Å²) in [5, 5.41) is 15.0. The zero-order valence-electron chi connectivity index (χ0n) is 14.1. The number of hydrogen-bond acceptors (Lipinski definition) is 3. The van der Waals surface area contributed by atoms with Crippen LogP contribution in [-0.2, 0) is 17.8 Å². The lowest BCUT2D eigenvalue weighted by molar-refractivity contribution is -0.117. The van der Waals surface area contributed by atoms with Gasteiger partial charge in [0.1, 0.15) is 17.5 Å². The first-order valence-electron chi connectivity index (χ1n) is 8.01. The summed E-state index contributed by atoms with van der Waals surface area (Å²) in [7, 11) is 0. The fourth-order valence-corrected chi connectivity index (χ4v) is 2.33. The molecule has 5 heteroatoms. The molecule has 0 aliphatic heterocycles. The Morgan fingerprint density at radius 3 is 2.48 bits per heavy atom. The second-order valence-corrected chi connectivity index (χ2v) is 5.59. The largest absolute Gasteiger partial charge is 0.383 e. The molecule has 2 N–H and O–H groups in total. The van der Waals surface area contributed by atoms with Gasteiger partial charge in [-0.3, -0.25) is 4.79 Å². The van der Waals surface area contributed by atoms with Crippen molar-refractivity contribution in [2.45, 2.75) is 19.9 Å². The zero-order valence-corrected chi connectivity index (χ0v) is 14.1. The molecule has 0 saturated carbocycles. The molecular weight excluding hydrogens is 317 g/mol. The molecule has 25 heavy (non-hydrogen) atoms. The highest BCUT2D eigenvalue weighted by Gasteiger charge is 2.12. The molecule has 1 amide bonds. The van der Waals surface area contributed by atoms with Crippen molar-refractivity contribution in [2.75, 3.05) is 6.54 Å². The number of amides is 1. The number of benzene rings is 2. The first-order valence-corrected chi connectivity index (χ1v) is 8.01. The Labute approximate surface area is 147 Å². The summed E-state index contributed by atoms with van der Waals surface area (Å²) in [6.45, 7) is 2.45.